The van der Waals surface area contributed by atoms with Crippen LogP contribution in [0.2, 0.25) is 0 Å². The molecule has 0 radical (unpaired) electrons. The van der Waals surface area contributed by atoms with Crippen LogP contribution in [0.3, 0.4) is 0 Å². The summed E-state index contributed by atoms with van der Waals surface area (Å²) in [5.41, 5.74) is -0.725. The van der Waals surface area contributed by atoms with Crippen molar-refractivity contribution in [2.45, 2.75) is 26.4 Å². The summed E-state index contributed by atoms with van der Waals surface area (Å²) in [5.74, 6) is -1.63. The highest BCUT2D eigenvalue weighted by atomic mass is 32.2. The van der Waals surface area contributed by atoms with Gasteiger partial charge in [-0.25, -0.2) is 13.1 Å². The number of nitrogens with one attached hydrogen (secondary N) is 1. The van der Waals surface area contributed by atoms with Crippen LogP contribution in [0.5, 0.6) is 0 Å². The van der Waals surface area contributed by atoms with Crippen LogP contribution in [-0.2, 0) is 24.3 Å². The third-order valence-corrected chi connectivity index (χ3v) is 2.34. The predicted molar refractivity (Wildman–Crippen MR) is 53.7 cm³/mol. The molecule has 0 bridgehead atoms. The lowest BCUT2D eigenvalue weighted by Gasteiger charge is -2.19. The zero-order chi connectivity index (χ0) is 12.1. The molecular weight excluding hydrogens is 222 g/mol. The Bertz CT molecular complexity index is 327. The van der Waals surface area contributed by atoms with Crippen LogP contribution in [0, 0.1) is 0 Å². The van der Waals surface area contributed by atoms with Crippen molar-refractivity contribution in [1.29, 1.82) is 0 Å². The maximum Gasteiger partial charge on any atom is 0.323 e. The van der Waals surface area contributed by atoms with E-state index >= 15 is 0 Å². The van der Waals surface area contributed by atoms with Crippen LogP contribution in [-0.4, -0.2) is 38.6 Å². The monoisotopic (exact) mass is 237 g/mol. The van der Waals surface area contributed by atoms with Gasteiger partial charge in [0, 0.05) is 0 Å². The number of carbonyl (C=O) groups is 2. The minimum absolute atomic E-state index is 0.342. The fourth-order valence-electron chi connectivity index (χ4n) is 0.738. The molecule has 0 atom stereocenters. The first-order chi connectivity index (χ1) is 6.66. The Morgan fingerprint density at radius 3 is 2.33 bits per heavy atom. The van der Waals surface area contributed by atoms with E-state index in [1.54, 1.807) is 20.8 Å². The normalized spacial score (nSPS) is 12.2. The average molecular weight is 237 g/mol. The van der Waals surface area contributed by atoms with E-state index in [0.717, 1.165) is 0 Å². The van der Waals surface area contributed by atoms with Crippen LogP contribution in [0.1, 0.15) is 20.8 Å². The number of ether oxygens (including phenoxy) is 1. The Morgan fingerprint density at radius 2 is 1.93 bits per heavy atom. The second-order valence-electron chi connectivity index (χ2n) is 3.86. The van der Waals surface area contributed by atoms with E-state index in [0.29, 0.717) is 6.29 Å². The fraction of sp³-hybridized carbons (Fsp3) is 0.750. The number of aldehydes is 1. The molecule has 0 unspecified atom stereocenters. The van der Waals surface area contributed by atoms with Crippen molar-refractivity contribution in [3.05, 3.63) is 0 Å². The highest BCUT2D eigenvalue weighted by Crippen LogP contribution is 2.07. The summed E-state index contributed by atoms with van der Waals surface area (Å²) < 4.78 is 29.0. The zero-order valence-corrected chi connectivity index (χ0v) is 9.76. The third kappa shape index (κ3) is 8.07. The van der Waals surface area contributed by atoms with Crippen molar-refractivity contribution in [2.75, 3.05) is 12.3 Å². The highest BCUT2D eigenvalue weighted by Gasteiger charge is 2.22. The van der Waals surface area contributed by atoms with E-state index in [-0.39, 0.29) is 6.54 Å². The van der Waals surface area contributed by atoms with Crippen molar-refractivity contribution in [3.63, 3.8) is 0 Å². The summed E-state index contributed by atoms with van der Waals surface area (Å²) in [6, 6.07) is 0. The molecule has 0 spiro atoms. The number of esters is 1. The Balaban J connectivity index is 4.23. The average Bonchev–Trinajstić information content (AvgIpc) is 1.95. The molecule has 0 aromatic heterocycles. The SMILES string of the molecule is CC(C)(C)OC(=O)CS(=O)(=O)NCC=O. The molecule has 0 fully saturated rings. The molecule has 6 nitrogen and oxygen atoms in total. The molecular formula is C8H15NO5S. The van der Waals surface area contributed by atoms with Crippen LogP contribution in [0.4, 0.5) is 0 Å². The molecule has 1 N–H and O–H groups in total. The fourth-order valence-corrected chi connectivity index (χ4v) is 1.53. The van der Waals surface area contributed by atoms with Crippen molar-refractivity contribution in [3.8, 4) is 0 Å². The third-order valence-electron chi connectivity index (χ3n) is 1.11. The topological polar surface area (TPSA) is 89.5 Å². The first-order valence-corrected chi connectivity index (χ1v) is 5.94. The maximum absolute atomic E-state index is 11.1. The molecule has 0 aliphatic heterocycles. The van der Waals surface area contributed by atoms with E-state index in [4.69, 9.17) is 4.74 Å². The second kappa shape index (κ2) is 5.22. The van der Waals surface area contributed by atoms with E-state index < -0.39 is 27.3 Å². The molecule has 0 amide bonds. The first-order valence-electron chi connectivity index (χ1n) is 4.29. The molecule has 15 heavy (non-hydrogen) atoms. The lowest BCUT2D eigenvalue weighted by Crippen LogP contribution is -2.35. The summed E-state index contributed by atoms with van der Waals surface area (Å²) in [6.07, 6.45) is 0.395. The Morgan fingerprint density at radius 1 is 1.40 bits per heavy atom. The van der Waals surface area contributed by atoms with Gasteiger partial charge in [-0.05, 0) is 20.8 Å². The van der Waals surface area contributed by atoms with Gasteiger partial charge >= 0.3 is 5.97 Å². The van der Waals surface area contributed by atoms with Gasteiger partial charge in [0.1, 0.15) is 11.9 Å². The molecule has 0 rings (SSSR count). The highest BCUT2D eigenvalue weighted by molar-refractivity contribution is 7.90. The van der Waals surface area contributed by atoms with Crippen LogP contribution in [0.25, 0.3) is 0 Å². The summed E-state index contributed by atoms with van der Waals surface area (Å²) in [6.45, 7) is 4.56. The molecule has 0 heterocycles. The largest absolute Gasteiger partial charge is 0.459 e. The molecule has 0 saturated carbocycles. The van der Waals surface area contributed by atoms with E-state index in [2.05, 4.69) is 0 Å². The van der Waals surface area contributed by atoms with Crippen molar-refractivity contribution >= 4 is 22.3 Å². The Kier molecular flexibility index (Phi) is 4.89. The second-order valence-corrected chi connectivity index (χ2v) is 5.67. The van der Waals surface area contributed by atoms with Gasteiger partial charge in [-0.3, -0.25) is 4.79 Å². The first kappa shape index (κ1) is 14.1. The molecule has 0 aromatic carbocycles. The Labute approximate surface area is 89.0 Å². The summed E-state index contributed by atoms with van der Waals surface area (Å²) in [5, 5.41) is 0. The molecule has 0 saturated heterocycles. The van der Waals surface area contributed by atoms with Gasteiger partial charge < -0.3 is 9.53 Å². The van der Waals surface area contributed by atoms with Gasteiger partial charge in [0.05, 0.1) is 6.54 Å². The number of hydrogen-bond donors (Lipinski definition) is 1. The molecule has 88 valence electrons. The lowest BCUT2D eigenvalue weighted by molar-refractivity contribution is -0.151. The minimum Gasteiger partial charge on any atom is -0.459 e. The molecule has 0 aliphatic rings. The standard InChI is InChI=1S/C8H15NO5S/c1-8(2,3)14-7(11)6-15(12,13)9-4-5-10/h5,9H,4,6H2,1-3H3. The number of rotatable bonds is 5. The predicted octanol–water partition coefficient (Wildman–Crippen LogP) is -0.554. The van der Waals surface area contributed by atoms with Crippen molar-refractivity contribution < 1.29 is 22.7 Å². The van der Waals surface area contributed by atoms with Gasteiger partial charge in [0.25, 0.3) is 0 Å². The van der Waals surface area contributed by atoms with Gasteiger partial charge in [0.15, 0.2) is 5.75 Å². The Hall–Kier alpha value is -0.950. The van der Waals surface area contributed by atoms with Crippen LogP contribution in [0.15, 0.2) is 0 Å². The summed E-state index contributed by atoms with van der Waals surface area (Å²) in [7, 11) is -3.77. The van der Waals surface area contributed by atoms with Crippen LogP contribution < -0.4 is 4.72 Å². The van der Waals surface area contributed by atoms with Gasteiger partial charge in [-0.1, -0.05) is 0 Å². The van der Waals surface area contributed by atoms with Crippen LogP contribution >= 0.6 is 0 Å². The van der Waals surface area contributed by atoms with E-state index in [1.165, 1.54) is 0 Å². The molecule has 0 aromatic rings. The van der Waals surface area contributed by atoms with Gasteiger partial charge in [-0.2, -0.15) is 0 Å². The summed E-state index contributed by atoms with van der Waals surface area (Å²) >= 11 is 0. The molecule has 7 heteroatoms. The number of sulfonamides is 1. The quantitative estimate of drug-likeness (QED) is 0.511. The number of hydrogen-bond acceptors (Lipinski definition) is 5. The van der Waals surface area contributed by atoms with E-state index in [9.17, 15) is 18.0 Å². The minimum atomic E-state index is -3.77. The summed E-state index contributed by atoms with van der Waals surface area (Å²) in [4.78, 5) is 21.0. The smallest absolute Gasteiger partial charge is 0.323 e. The van der Waals surface area contributed by atoms with Crippen molar-refractivity contribution in [1.82, 2.24) is 4.72 Å². The van der Waals surface area contributed by atoms with Crippen molar-refractivity contribution in [2.24, 2.45) is 0 Å². The lowest BCUT2D eigenvalue weighted by atomic mass is 10.2. The molecule has 0 aliphatic carbocycles. The van der Waals surface area contributed by atoms with Gasteiger partial charge in [-0.15, -0.1) is 0 Å². The van der Waals surface area contributed by atoms with Gasteiger partial charge in [0.2, 0.25) is 10.0 Å². The zero-order valence-electron chi connectivity index (χ0n) is 8.94. The maximum atomic E-state index is 11.1. The number of carbonyl (C=O) groups excluding carboxylic acids is 2. The van der Waals surface area contributed by atoms with E-state index in [1.807, 2.05) is 4.72 Å².